The monoisotopic (exact) mass is 498 g/mol. The number of amides is 4. The van der Waals surface area contributed by atoms with Crippen molar-refractivity contribution in [3.05, 3.63) is 83.9 Å². The zero-order valence-corrected chi connectivity index (χ0v) is 21.2. The Hall–Kier alpha value is -4.33. The van der Waals surface area contributed by atoms with Gasteiger partial charge in [0.05, 0.1) is 18.8 Å². The van der Waals surface area contributed by atoms with E-state index in [1.165, 1.54) is 5.01 Å². The van der Waals surface area contributed by atoms with Crippen LogP contribution in [0.5, 0.6) is 5.75 Å². The van der Waals surface area contributed by atoms with Crippen LogP contribution in [0.4, 0.5) is 4.79 Å². The predicted octanol–water partition coefficient (Wildman–Crippen LogP) is 4.39. The van der Waals surface area contributed by atoms with Crippen LogP contribution in [-0.2, 0) is 9.59 Å². The van der Waals surface area contributed by atoms with Gasteiger partial charge in [-0.05, 0) is 59.0 Å². The van der Waals surface area contributed by atoms with Crippen LogP contribution in [0.15, 0.2) is 72.8 Å². The summed E-state index contributed by atoms with van der Waals surface area (Å²) in [7, 11) is 1.60. The molecule has 8 heteroatoms. The van der Waals surface area contributed by atoms with Crippen LogP contribution >= 0.6 is 0 Å². The van der Waals surface area contributed by atoms with Gasteiger partial charge in [-0.2, -0.15) is 0 Å². The van der Waals surface area contributed by atoms with Crippen LogP contribution in [0.1, 0.15) is 43.9 Å². The lowest BCUT2D eigenvalue weighted by Gasteiger charge is -2.27. The van der Waals surface area contributed by atoms with Gasteiger partial charge in [-0.25, -0.2) is 9.80 Å². The molecule has 1 saturated heterocycles. The number of imide groups is 1. The zero-order valence-electron chi connectivity index (χ0n) is 21.2. The Labute approximate surface area is 215 Å². The Morgan fingerprint density at radius 1 is 0.973 bits per heavy atom. The smallest absolute Gasteiger partial charge is 0.325 e. The van der Waals surface area contributed by atoms with E-state index in [1.54, 1.807) is 7.11 Å². The normalized spacial score (nSPS) is 18.6. The number of carbonyl (C=O) groups is 3. The average molecular weight is 499 g/mol. The first kappa shape index (κ1) is 24.4. The molecule has 2 aliphatic rings. The standard InChI is InChI=1S/C29H30N4O4/c1-4-29(5-2)27(35)32(28(36)30-29)18-26(34)33-25(20-12-14-23(37-3)15-13-20)17-24(31-33)22-11-10-19-8-6-7-9-21(19)16-22/h6-17,25,31H,4-5,18H2,1-3H3,(H,30,36)/t25-/m1/s1. The third-order valence-electron chi connectivity index (χ3n) is 7.38. The summed E-state index contributed by atoms with van der Waals surface area (Å²) in [4.78, 5) is 40.4. The van der Waals surface area contributed by atoms with E-state index in [9.17, 15) is 14.4 Å². The highest BCUT2D eigenvalue weighted by atomic mass is 16.5. The quantitative estimate of drug-likeness (QED) is 0.472. The van der Waals surface area contributed by atoms with E-state index in [0.717, 1.165) is 32.5 Å². The first-order valence-electron chi connectivity index (χ1n) is 12.5. The highest BCUT2D eigenvalue weighted by Gasteiger charge is 2.49. The van der Waals surface area contributed by atoms with E-state index in [4.69, 9.17) is 4.74 Å². The first-order valence-corrected chi connectivity index (χ1v) is 12.5. The number of hydrogen-bond donors (Lipinski definition) is 2. The molecule has 4 amide bonds. The lowest BCUT2D eigenvalue weighted by Crippen LogP contribution is -2.48. The third kappa shape index (κ3) is 4.28. The van der Waals surface area contributed by atoms with Crippen LogP contribution < -0.4 is 15.5 Å². The number of hydrazine groups is 1. The Balaban J connectivity index is 1.46. The van der Waals surface area contributed by atoms with Crippen molar-refractivity contribution in [3.63, 3.8) is 0 Å². The maximum Gasteiger partial charge on any atom is 0.325 e. The zero-order chi connectivity index (χ0) is 26.2. The predicted molar refractivity (Wildman–Crippen MR) is 141 cm³/mol. The summed E-state index contributed by atoms with van der Waals surface area (Å²) in [5.74, 6) is -0.0424. The molecular formula is C29H30N4O4. The highest BCUT2D eigenvalue weighted by molar-refractivity contribution is 6.09. The van der Waals surface area contributed by atoms with Crippen molar-refractivity contribution in [2.75, 3.05) is 13.7 Å². The first-order chi connectivity index (χ1) is 17.9. The van der Waals surface area contributed by atoms with E-state index in [-0.39, 0.29) is 18.4 Å². The molecule has 2 N–H and O–H groups in total. The molecule has 0 aliphatic carbocycles. The van der Waals surface area contributed by atoms with Gasteiger partial charge in [0, 0.05) is 0 Å². The molecule has 1 fully saturated rings. The Morgan fingerprint density at radius 3 is 2.32 bits per heavy atom. The molecule has 2 aliphatic heterocycles. The molecule has 3 aromatic rings. The lowest BCUT2D eigenvalue weighted by molar-refractivity contribution is -0.141. The van der Waals surface area contributed by atoms with Crippen molar-refractivity contribution >= 4 is 34.3 Å². The Bertz CT molecular complexity index is 1390. The molecule has 37 heavy (non-hydrogen) atoms. The fourth-order valence-corrected chi connectivity index (χ4v) is 5.01. The second-order valence-electron chi connectivity index (χ2n) is 9.35. The third-order valence-corrected chi connectivity index (χ3v) is 7.38. The molecule has 3 aromatic carbocycles. The highest BCUT2D eigenvalue weighted by Crippen LogP contribution is 2.34. The summed E-state index contributed by atoms with van der Waals surface area (Å²) in [6, 6.07) is 20.7. The molecule has 0 radical (unpaired) electrons. The van der Waals surface area contributed by atoms with Gasteiger partial charge in [0.15, 0.2) is 0 Å². The summed E-state index contributed by atoms with van der Waals surface area (Å²) in [6.07, 6.45) is 2.91. The Morgan fingerprint density at radius 2 is 1.68 bits per heavy atom. The van der Waals surface area contributed by atoms with Crippen molar-refractivity contribution in [2.45, 2.75) is 38.3 Å². The molecule has 5 rings (SSSR count). The number of ether oxygens (including phenoxy) is 1. The molecule has 0 bridgehead atoms. The summed E-state index contributed by atoms with van der Waals surface area (Å²) in [6.45, 7) is 3.36. The van der Waals surface area contributed by atoms with Gasteiger partial charge < -0.3 is 10.1 Å². The van der Waals surface area contributed by atoms with E-state index >= 15 is 0 Å². The van der Waals surface area contributed by atoms with Gasteiger partial charge in [-0.1, -0.05) is 62.4 Å². The summed E-state index contributed by atoms with van der Waals surface area (Å²) < 4.78 is 5.29. The van der Waals surface area contributed by atoms with E-state index < -0.39 is 17.6 Å². The number of methoxy groups -OCH3 is 1. The fourth-order valence-electron chi connectivity index (χ4n) is 5.01. The molecule has 2 heterocycles. The van der Waals surface area contributed by atoms with Gasteiger partial charge in [0.2, 0.25) is 0 Å². The van der Waals surface area contributed by atoms with Crippen molar-refractivity contribution in [1.82, 2.24) is 20.7 Å². The number of benzene rings is 3. The second kappa shape index (κ2) is 9.61. The number of urea groups is 1. The maximum atomic E-state index is 13.6. The topological polar surface area (TPSA) is 91.0 Å². The number of fused-ring (bicyclic) bond motifs is 1. The van der Waals surface area contributed by atoms with Crippen LogP contribution in [0.2, 0.25) is 0 Å². The van der Waals surface area contributed by atoms with Gasteiger partial charge >= 0.3 is 6.03 Å². The molecule has 8 nitrogen and oxygen atoms in total. The van der Waals surface area contributed by atoms with Crippen LogP contribution in [0, 0.1) is 0 Å². The minimum absolute atomic E-state index is 0.356. The van der Waals surface area contributed by atoms with E-state index in [0.29, 0.717) is 18.6 Å². The number of hydrogen-bond acceptors (Lipinski definition) is 5. The number of rotatable bonds is 7. The molecular weight excluding hydrogens is 468 g/mol. The molecule has 1 atom stereocenters. The molecule has 0 spiro atoms. The van der Waals surface area contributed by atoms with Crippen molar-refractivity contribution < 1.29 is 19.1 Å². The minimum Gasteiger partial charge on any atom is -0.497 e. The number of carbonyl (C=O) groups excluding carboxylic acids is 3. The largest absolute Gasteiger partial charge is 0.497 e. The summed E-state index contributed by atoms with van der Waals surface area (Å²) in [5.41, 5.74) is 4.85. The maximum absolute atomic E-state index is 13.6. The summed E-state index contributed by atoms with van der Waals surface area (Å²) in [5, 5.41) is 6.49. The van der Waals surface area contributed by atoms with Crippen LogP contribution in [-0.4, -0.2) is 46.9 Å². The minimum atomic E-state index is -0.959. The van der Waals surface area contributed by atoms with E-state index in [2.05, 4.69) is 22.9 Å². The molecule has 0 saturated carbocycles. The van der Waals surface area contributed by atoms with Crippen molar-refractivity contribution in [3.8, 4) is 5.75 Å². The van der Waals surface area contributed by atoms with E-state index in [1.807, 2.05) is 74.5 Å². The van der Waals surface area contributed by atoms with Gasteiger partial charge in [-0.3, -0.25) is 19.9 Å². The van der Waals surface area contributed by atoms with Gasteiger partial charge in [0.25, 0.3) is 11.8 Å². The van der Waals surface area contributed by atoms with Crippen LogP contribution in [0.3, 0.4) is 0 Å². The van der Waals surface area contributed by atoms with Gasteiger partial charge in [-0.15, -0.1) is 0 Å². The Kier molecular flexibility index (Phi) is 6.33. The van der Waals surface area contributed by atoms with Crippen LogP contribution in [0.25, 0.3) is 16.5 Å². The lowest BCUT2D eigenvalue weighted by atomic mass is 9.93. The SMILES string of the molecule is CCC1(CC)NC(=O)N(CC(=O)N2NC(c3ccc4ccccc4c3)=C[C@@H]2c2ccc(OC)cc2)C1=O. The number of nitrogens with one attached hydrogen (secondary N) is 2. The summed E-state index contributed by atoms with van der Waals surface area (Å²) >= 11 is 0. The fraction of sp³-hybridized carbons (Fsp3) is 0.276. The van der Waals surface area contributed by atoms with Crippen molar-refractivity contribution in [2.24, 2.45) is 0 Å². The van der Waals surface area contributed by atoms with Gasteiger partial charge in [0.1, 0.15) is 17.8 Å². The number of nitrogens with zero attached hydrogens (tertiary/aromatic N) is 2. The molecule has 0 aromatic heterocycles. The molecule has 0 unspecified atom stereocenters. The molecule has 190 valence electrons. The average Bonchev–Trinajstić information content (AvgIpc) is 3.48. The van der Waals surface area contributed by atoms with Crippen molar-refractivity contribution in [1.29, 1.82) is 0 Å². The second-order valence-corrected chi connectivity index (χ2v) is 9.35.